The number of amidine groups is 1. The highest BCUT2D eigenvalue weighted by Crippen LogP contribution is 2.48. The Bertz CT molecular complexity index is 1120. The first-order valence-corrected chi connectivity index (χ1v) is 11.7. The Balaban J connectivity index is 1.64. The third kappa shape index (κ3) is 4.77. The van der Waals surface area contributed by atoms with Gasteiger partial charge in [0.25, 0.3) is 5.91 Å². The summed E-state index contributed by atoms with van der Waals surface area (Å²) in [4.78, 5) is 21.6. The van der Waals surface area contributed by atoms with E-state index in [1.165, 1.54) is 18.2 Å². The summed E-state index contributed by atoms with van der Waals surface area (Å²) < 4.78 is 56.0. The van der Waals surface area contributed by atoms with Crippen molar-refractivity contribution in [2.75, 3.05) is 11.5 Å². The normalized spacial score (nSPS) is 22.2. The molecule has 1 atom stereocenters. The molecule has 0 spiro atoms. The molecule has 1 amide bonds. The highest BCUT2D eigenvalue weighted by Gasteiger charge is 2.62. The molecule has 33 heavy (non-hydrogen) atoms. The molecule has 2 N–H and O–H groups in total. The predicted octanol–water partition coefficient (Wildman–Crippen LogP) is 6.04. The van der Waals surface area contributed by atoms with Crippen molar-refractivity contribution in [3.05, 3.63) is 62.3 Å². The lowest BCUT2D eigenvalue weighted by Crippen LogP contribution is -2.43. The van der Waals surface area contributed by atoms with Crippen molar-refractivity contribution < 1.29 is 27.2 Å². The number of amides is 1. The minimum absolute atomic E-state index is 0.0418. The minimum Gasteiger partial charge on any atom is -0.348 e. The van der Waals surface area contributed by atoms with Crippen molar-refractivity contribution in [3.8, 4) is 0 Å². The van der Waals surface area contributed by atoms with Gasteiger partial charge in [-0.05, 0) is 35.9 Å². The molecule has 0 bridgehead atoms. The fraction of sp³-hybridized carbons (Fsp3) is 0.300. The Kier molecular flexibility index (Phi) is 6.76. The lowest BCUT2D eigenvalue weighted by Gasteiger charge is -2.29. The second kappa shape index (κ2) is 9.14. The van der Waals surface area contributed by atoms with Crippen LogP contribution in [0.4, 0.5) is 23.2 Å². The van der Waals surface area contributed by atoms with Gasteiger partial charge in [-0.1, -0.05) is 34.8 Å². The Hall–Kier alpha value is -1.72. The lowest BCUT2D eigenvalue weighted by atomic mass is 9.90. The molecule has 0 aliphatic carbocycles. The Labute approximate surface area is 204 Å². The first kappa shape index (κ1) is 24.4. The van der Waals surface area contributed by atoms with Gasteiger partial charge in [-0.3, -0.25) is 15.1 Å². The summed E-state index contributed by atoms with van der Waals surface area (Å²) in [5, 5.41) is 1.86. The van der Waals surface area contributed by atoms with Crippen LogP contribution in [0.25, 0.3) is 0 Å². The van der Waals surface area contributed by atoms with Gasteiger partial charge < -0.3 is 5.32 Å². The van der Waals surface area contributed by atoms with Gasteiger partial charge in [-0.2, -0.15) is 24.9 Å². The van der Waals surface area contributed by atoms with Gasteiger partial charge in [0.1, 0.15) is 5.84 Å². The van der Waals surface area contributed by atoms with Crippen molar-refractivity contribution >= 4 is 64.0 Å². The number of aliphatic imine (C=N–C) groups is 1. The zero-order valence-electron chi connectivity index (χ0n) is 16.4. The average Bonchev–Trinajstić information content (AvgIpc) is 3.15. The summed E-state index contributed by atoms with van der Waals surface area (Å²) in [6.07, 6.45) is -5.69. The van der Waals surface area contributed by atoms with Gasteiger partial charge >= 0.3 is 6.18 Å². The zero-order chi connectivity index (χ0) is 24.0. The SMILES string of the molecule is O=C(NC1CSC1)c1cc(N=C2CC(c3cc(Cl)c(F)c(Cl)c3)(C(F)(F)F)ON2)ccc1Cl. The maximum absolute atomic E-state index is 14.1. The van der Waals surface area contributed by atoms with Crippen LogP contribution < -0.4 is 10.8 Å². The van der Waals surface area contributed by atoms with E-state index >= 15 is 0 Å². The number of carbonyl (C=O) groups is 1. The van der Waals surface area contributed by atoms with Crippen LogP contribution >= 0.6 is 46.6 Å². The standard InChI is InChI=1S/C20H14Cl3F4N3O2S/c21-13-2-1-10(5-12(13)18(31)29-11-7-33-8-11)28-16-6-19(32-30-16,20(25,26)27)9-3-14(22)17(24)15(23)4-9/h1-5,11H,6-8H2,(H,28,30)(H,29,31). The molecule has 4 rings (SSSR count). The summed E-state index contributed by atoms with van der Waals surface area (Å²) in [6.45, 7) is 0. The number of nitrogens with one attached hydrogen (secondary N) is 2. The largest absolute Gasteiger partial charge is 0.424 e. The number of carbonyl (C=O) groups excluding carboxylic acids is 1. The van der Waals surface area contributed by atoms with Gasteiger partial charge in [-0.25, -0.2) is 9.38 Å². The molecule has 2 aromatic carbocycles. The third-order valence-electron chi connectivity index (χ3n) is 5.10. The molecule has 2 saturated heterocycles. The van der Waals surface area contributed by atoms with Crippen molar-refractivity contribution in [2.45, 2.75) is 24.2 Å². The Morgan fingerprint density at radius 2 is 1.82 bits per heavy atom. The molecule has 2 aliphatic heterocycles. The van der Waals surface area contributed by atoms with E-state index in [0.29, 0.717) is 0 Å². The molecule has 2 fully saturated rings. The van der Waals surface area contributed by atoms with Crippen molar-refractivity contribution in [1.29, 1.82) is 0 Å². The number of hydrogen-bond acceptors (Lipinski definition) is 4. The Morgan fingerprint density at radius 1 is 1.15 bits per heavy atom. The van der Waals surface area contributed by atoms with E-state index in [1.807, 2.05) is 0 Å². The summed E-state index contributed by atoms with van der Waals surface area (Å²) >= 11 is 19.2. The smallest absolute Gasteiger partial charge is 0.348 e. The predicted molar refractivity (Wildman–Crippen MR) is 120 cm³/mol. The van der Waals surface area contributed by atoms with E-state index in [4.69, 9.17) is 39.6 Å². The highest BCUT2D eigenvalue weighted by molar-refractivity contribution is 8.00. The first-order chi connectivity index (χ1) is 15.5. The van der Waals surface area contributed by atoms with Gasteiger partial charge in [-0.15, -0.1) is 0 Å². The van der Waals surface area contributed by atoms with Crippen LogP contribution in [0.3, 0.4) is 0 Å². The van der Waals surface area contributed by atoms with Crippen LogP contribution in [0.1, 0.15) is 22.3 Å². The second-order valence-corrected chi connectivity index (χ2v) is 9.69. The van der Waals surface area contributed by atoms with Crippen LogP contribution in [0, 0.1) is 5.82 Å². The monoisotopic (exact) mass is 541 g/mol. The number of halogens is 7. The maximum Gasteiger partial charge on any atom is 0.424 e. The second-order valence-electron chi connectivity index (χ2n) is 7.39. The number of hydrogen-bond donors (Lipinski definition) is 2. The molecule has 1 unspecified atom stereocenters. The number of nitrogens with zero attached hydrogens (tertiary/aromatic N) is 1. The minimum atomic E-state index is -4.92. The maximum atomic E-state index is 14.1. The van der Waals surface area contributed by atoms with Crippen LogP contribution in [0.15, 0.2) is 35.3 Å². The summed E-state index contributed by atoms with van der Waals surface area (Å²) in [5.41, 5.74) is -0.873. The molecular formula is C20H14Cl3F4N3O2S. The average molecular weight is 543 g/mol. The van der Waals surface area contributed by atoms with Crippen LogP contribution in [0.2, 0.25) is 15.1 Å². The van der Waals surface area contributed by atoms with E-state index in [9.17, 15) is 22.4 Å². The summed E-state index contributed by atoms with van der Waals surface area (Å²) in [7, 11) is 0. The van der Waals surface area contributed by atoms with Crippen LogP contribution in [-0.2, 0) is 10.4 Å². The third-order valence-corrected chi connectivity index (χ3v) is 7.26. The number of rotatable bonds is 4. The van der Waals surface area contributed by atoms with Gasteiger partial charge in [0, 0.05) is 17.5 Å². The molecular weight excluding hydrogens is 529 g/mol. The van der Waals surface area contributed by atoms with Crippen LogP contribution in [0.5, 0.6) is 0 Å². The molecule has 0 saturated carbocycles. The summed E-state index contributed by atoms with van der Waals surface area (Å²) in [6, 6.07) is 5.91. The van der Waals surface area contributed by atoms with E-state index in [0.717, 1.165) is 23.6 Å². The molecule has 2 heterocycles. The first-order valence-electron chi connectivity index (χ1n) is 9.41. The van der Waals surface area contributed by atoms with Gasteiger partial charge in [0.05, 0.1) is 32.7 Å². The van der Waals surface area contributed by atoms with E-state index in [2.05, 4.69) is 15.8 Å². The van der Waals surface area contributed by atoms with E-state index < -0.39 is 45.5 Å². The number of hydroxylamine groups is 1. The molecule has 13 heteroatoms. The lowest BCUT2D eigenvalue weighted by molar-refractivity contribution is -0.282. The van der Waals surface area contributed by atoms with Crippen LogP contribution in [-0.4, -0.2) is 35.5 Å². The fourth-order valence-corrected chi connectivity index (χ4v) is 4.61. The summed E-state index contributed by atoms with van der Waals surface area (Å²) in [5.74, 6) is -0.0180. The van der Waals surface area contributed by atoms with Gasteiger partial charge in [0.15, 0.2) is 5.82 Å². The van der Waals surface area contributed by atoms with Crippen molar-refractivity contribution in [2.24, 2.45) is 4.99 Å². The number of thioether (sulfide) groups is 1. The van der Waals surface area contributed by atoms with E-state index in [-0.39, 0.29) is 28.2 Å². The molecule has 2 aliphatic rings. The van der Waals surface area contributed by atoms with Crippen molar-refractivity contribution in [1.82, 2.24) is 10.8 Å². The zero-order valence-corrected chi connectivity index (χ0v) is 19.5. The molecule has 0 aromatic heterocycles. The number of alkyl halides is 3. The highest BCUT2D eigenvalue weighted by atomic mass is 35.5. The van der Waals surface area contributed by atoms with E-state index in [1.54, 1.807) is 11.8 Å². The van der Waals surface area contributed by atoms with Gasteiger partial charge in [0.2, 0.25) is 5.60 Å². The Morgan fingerprint density at radius 3 is 2.39 bits per heavy atom. The topological polar surface area (TPSA) is 62.7 Å². The molecule has 0 radical (unpaired) electrons. The molecule has 176 valence electrons. The van der Waals surface area contributed by atoms with Crippen molar-refractivity contribution in [3.63, 3.8) is 0 Å². The molecule has 5 nitrogen and oxygen atoms in total. The quantitative estimate of drug-likeness (QED) is 0.365. The molecule has 2 aromatic rings. The fourth-order valence-electron chi connectivity index (χ4n) is 3.28. The number of benzene rings is 2.